The molecule has 0 radical (unpaired) electrons. The van der Waals surface area contributed by atoms with E-state index >= 15 is 0 Å². The number of hydrogen-bond acceptors (Lipinski definition) is 3. The van der Waals surface area contributed by atoms with Crippen molar-refractivity contribution in [2.24, 2.45) is 0 Å². The van der Waals surface area contributed by atoms with E-state index in [1.807, 2.05) is 0 Å². The van der Waals surface area contributed by atoms with E-state index < -0.39 is 23.8 Å². The van der Waals surface area contributed by atoms with Crippen LogP contribution in [-0.4, -0.2) is 29.9 Å². The molecule has 0 heterocycles. The highest BCUT2D eigenvalue weighted by molar-refractivity contribution is 5.30. The van der Waals surface area contributed by atoms with E-state index in [2.05, 4.69) is 5.32 Å². The Morgan fingerprint density at radius 1 is 1.29 bits per heavy atom. The maximum Gasteiger partial charge on any atom is 0.162 e. The Morgan fingerprint density at radius 2 is 1.94 bits per heavy atom. The fraction of sp³-hybridized carbons (Fsp3) is 0.500. The molecule has 17 heavy (non-hydrogen) atoms. The summed E-state index contributed by atoms with van der Waals surface area (Å²) in [7, 11) is 1.72. The zero-order valence-corrected chi connectivity index (χ0v) is 9.87. The van der Waals surface area contributed by atoms with Crippen LogP contribution >= 0.6 is 0 Å². The molecule has 5 heteroatoms. The number of halogens is 2. The predicted molar refractivity (Wildman–Crippen MR) is 60.6 cm³/mol. The molecule has 1 aromatic carbocycles. The monoisotopic (exact) mass is 245 g/mol. The van der Waals surface area contributed by atoms with Crippen LogP contribution in [0.25, 0.3) is 0 Å². The van der Waals surface area contributed by atoms with Gasteiger partial charge in [-0.1, -0.05) is 6.07 Å². The third kappa shape index (κ3) is 3.21. The van der Waals surface area contributed by atoms with E-state index in [1.165, 1.54) is 13.0 Å². The molecule has 2 unspecified atom stereocenters. The summed E-state index contributed by atoms with van der Waals surface area (Å²) in [5.41, 5.74) is 0.244. The van der Waals surface area contributed by atoms with Crippen LogP contribution in [0.4, 0.5) is 8.78 Å². The maximum atomic E-state index is 13.3. The van der Waals surface area contributed by atoms with Crippen molar-refractivity contribution in [2.45, 2.75) is 25.6 Å². The van der Waals surface area contributed by atoms with Gasteiger partial charge in [-0.05, 0) is 44.1 Å². The summed E-state index contributed by atoms with van der Waals surface area (Å²) in [6.07, 6.45) is -1.89. The van der Waals surface area contributed by atoms with Crippen molar-refractivity contribution < 1.29 is 19.0 Å². The molecule has 0 aromatic heterocycles. The van der Waals surface area contributed by atoms with Gasteiger partial charge in [0.2, 0.25) is 0 Å². The van der Waals surface area contributed by atoms with Crippen molar-refractivity contribution in [3.63, 3.8) is 0 Å². The Morgan fingerprint density at radius 3 is 2.53 bits per heavy atom. The second-order valence-corrected chi connectivity index (χ2v) is 3.98. The molecule has 0 saturated heterocycles. The lowest BCUT2D eigenvalue weighted by molar-refractivity contribution is 0.0134. The number of benzene rings is 1. The summed E-state index contributed by atoms with van der Waals surface area (Å²) in [5, 5.41) is 22.4. The number of nitrogens with one attached hydrogen (secondary N) is 1. The molecule has 96 valence electrons. The van der Waals surface area contributed by atoms with E-state index in [9.17, 15) is 19.0 Å². The van der Waals surface area contributed by atoms with Gasteiger partial charge in [0.1, 0.15) is 6.10 Å². The van der Waals surface area contributed by atoms with Crippen molar-refractivity contribution in [3.8, 4) is 0 Å². The van der Waals surface area contributed by atoms with Gasteiger partial charge in [-0.15, -0.1) is 0 Å². The van der Waals surface area contributed by atoms with Crippen LogP contribution < -0.4 is 5.32 Å². The summed E-state index contributed by atoms with van der Waals surface area (Å²) in [5.74, 6) is -1.94. The molecule has 0 spiro atoms. The van der Waals surface area contributed by atoms with Gasteiger partial charge in [-0.3, -0.25) is 0 Å². The molecule has 0 aliphatic rings. The minimum atomic E-state index is -1.21. The van der Waals surface area contributed by atoms with Gasteiger partial charge in [0.05, 0.1) is 6.10 Å². The van der Waals surface area contributed by atoms with Gasteiger partial charge in [-0.25, -0.2) is 8.78 Å². The molecule has 0 aliphatic carbocycles. The van der Waals surface area contributed by atoms with Crippen LogP contribution in [0.2, 0.25) is 0 Å². The fourth-order valence-corrected chi connectivity index (χ4v) is 1.64. The minimum absolute atomic E-state index is 0.0287. The standard InChI is InChI=1S/C12H17F2NO2/c1-7-8(3-4-9(13)11(7)14)12(17)10(16)5-6-15-2/h3-4,10,12,15-17H,5-6H2,1-2H3. The first-order valence-electron chi connectivity index (χ1n) is 5.44. The van der Waals surface area contributed by atoms with Crippen LogP contribution in [0.5, 0.6) is 0 Å². The van der Waals surface area contributed by atoms with E-state index in [4.69, 9.17) is 0 Å². The van der Waals surface area contributed by atoms with E-state index in [0.717, 1.165) is 6.07 Å². The Bertz CT molecular complexity index is 385. The Kier molecular flexibility index (Phi) is 4.99. The Labute approximate surface area is 99.1 Å². The second-order valence-electron chi connectivity index (χ2n) is 3.98. The SMILES string of the molecule is CNCCC(O)C(O)c1ccc(F)c(F)c1C. The first kappa shape index (κ1) is 14.0. The number of hydrogen-bond donors (Lipinski definition) is 3. The van der Waals surface area contributed by atoms with Crippen LogP contribution in [0, 0.1) is 18.6 Å². The molecule has 1 aromatic rings. The topological polar surface area (TPSA) is 52.5 Å². The van der Waals surface area contributed by atoms with Gasteiger partial charge < -0.3 is 15.5 Å². The molecule has 2 atom stereocenters. The molecular formula is C12H17F2NO2. The molecular weight excluding hydrogens is 228 g/mol. The summed E-state index contributed by atoms with van der Waals surface area (Å²) in [4.78, 5) is 0. The molecule has 0 aliphatic heterocycles. The highest BCUT2D eigenvalue weighted by atomic mass is 19.2. The highest BCUT2D eigenvalue weighted by Crippen LogP contribution is 2.25. The van der Waals surface area contributed by atoms with Gasteiger partial charge in [0, 0.05) is 0 Å². The van der Waals surface area contributed by atoms with Gasteiger partial charge in [-0.2, -0.15) is 0 Å². The average molecular weight is 245 g/mol. The number of aliphatic hydroxyl groups excluding tert-OH is 2. The van der Waals surface area contributed by atoms with Crippen molar-refractivity contribution in [3.05, 3.63) is 34.9 Å². The van der Waals surface area contributed by atoms with Gasteiger partial charge >= 0.3 is 0 Å². The average Bonchev–Trinajstić information content (AvgIpc) is 2.32. The fourth-order valence-electron chi connectivity index (χ4n) is 1.64. The summed E-state index contributed by atoms with van der Waals surface area (Å²) < 4.78 is 26.2. The van der Waals surface area contributed by atoms with Crippen molar-refractivity contribution in [1.82, 2.24) is 5.32 Å². The smallest absolute Gasteiger partial charge is 0.162 e. The quantitative estimate of drug-likeness (QED) is 0.732. The van der Waals surface area contributed by atoms with E-state index in [0.29, 0.717) is 13.0 Å². The normalized spacial score (nSPS) is 14.7. The number of aliphatic hydroxyl groups is 2. The lowest BCUT2D eigenvalue weighted by Crippen LogP contribution is -2.24. The van der Waals surface area contributed by atoms with Crippen LogP contribution in [-0.2, 0) is 0 Å². The van der Waals surface area contributed by atoms with E-state index in [1.54, 1.807) is 7.05 Å². The van der Waals surface area contributed by atoms with Gasteiger partial charge in [0.25, 0.3) is 0 Å². The lowest BCUT2D eigenvalue weighted by Gasteiger charge is -2.20. The lowest BCUT2D eigenvalue weighted by atomic mass is 9.97. The second kappa shape index (κ2) is 6.05. The third-order valence-electron chi connectivity index (χ3n) is 2.75. The van der Waals surface area contributed by atoms with Crippen LogP contribution in [0.3, 0.4) is 0 Å². The molecule has 3 N–H and O–H groups in total. The minimum Gasteiger partial charge on any atom is -0.390 e. The summed E-state index contributed by atoms with van der Waals surface area (Å²) in [6, 6.07) is 2.24. The van der Waals surface area contributed by atoms with Crippen molar-refractivity contribution in [1.29, 1.82) is 0 Å². The third-order valence-corrected chi connectivity index (χ3v) is 2.75. The largest absolute Gasteiger partial charge is 0.390 e. The van der Waals surface area contributed by atoms with Crippen LogP contribution in [0.1, 0.15) is 23.7 Å². The molecule has 0 bridgehead atoms. The molecule has 0 fully saturated rings. The molecule has 0 amide bonds. The van der Waals surface area contributed by atoms with Gasteiger partial charge in [0.15, 0.2) is 11.6 Å². The zero-order chi connectivity index (χ0) is 13.0. The molecule has 0 saturated carbocycles. The number of rotatable bonds is 5. The van der Waals surface area contributed by atoms with Crippen LogP contribution in [0.15, 0.2) is 12.1 Å². The first-order valence-corrected chi connectivity index (χ1v) is 5.44. The Balaban J connectivity index is 2.89. The first-order chi connectivity index (χ1) is 7.99. The predicted octanol–water partition coefficient (Wildman–Crippen LogP) is 1.28. The summed E-state index contributed by atoms with van der Waals surface area (Å²) in [6.45, 7) is 1.91. The van der Waals surface area contributed by atoms with E-state index in [-0.39, 0.29) is 11.1 Å². The van der Waals surface area contributed by atoms with Crippen molar-refractivity contribution >= 4 is 0 Å². The molecule has 3 nitrogen and oxygen atoms in total. The zero-order valence-electron chi connectivity index (χ0n) is 9.87. The highest BCUT2D eigenvalue weighted by Gasteiger charge is 2.22. The maximum absolute atomic E-state index is 13.3. The Hall–Kier alpha value is -1.04. The molecule has 1 rings (SSSR count). The van der Waals surface area contributed by atoms with Crippen molar-refractivity contribution in [2.75, 3.05) is 13.6 Å². The summed E-state index contributed by atoms with van der Waals surface area (Å²) >= 11 is 0.